The number of nitrogens with one attached hydrogen (secondary N) is 2. The number of rotatable bonds is 3. The first-order chi connectivity index (χ1) is 9.95. The lowest BCUT2D eigenvalue weighted by molar-refractivity contribution is 0.0697. The third-order valence-corrected chi connectivity index (χ3v) is 3.73. The number of benzene rings is 1. The van der Waals surface area contributed by atoms with Crippen molar-refractivity contribution >= 4 is 17.7 Å². The van der Waals surface area contributed by atoms with Crippen molar-refractivity contribution in [1.29, 1.82) is 0 Å². The van der Waals surface area contributed by atoms with Crippen LogP contribution in [0, 0.1) is 11.7 Å². The maximum atomic E-state index is 13.1. The van der Waals surface area contributed by atoms with E-state index in [0.717, 1.165) is 31.4 Å². The predicted molar refractivity (Wildman–Crippen MR) is 76.9 cm³/mol. The molecule has 6 heteroatoms. The highest BCUT2D eigenvalue weighted by molar-refractivity contribution is 6.00. The summed E-state index contributed by atoms with van der Waals surface area (Å²) in [5.41, 5.74) is -0.174. The number of amides is 2. The number of hydrogen-bond donors (Lipinski definition) is 3. The molecule has 1 aromatic carbocycles. The van der Waals surface area contributed by atoms with Gasteiger partial charge in [-0.1, -0.05) is 19.8 Å². The van der Waals surface area contributed by atoms with E-state index < -0.39 is 17.8 Å². The van der Waals surface area contributed by atoms with Crippen molar-refractivity contribution in [3.05, 3.63) is 29.6 Å². The second-order valence-electron chi connectivity index (χ2n) is 5.56. The van der Waals surface area contributed by atoms with Crippen LogP contribution in [0.15, 0.2) is 18.2 Å². The number of aromatic carboxylic acids is 1. The van der Waals surface area contributed by atoms with Crippen molar-refractivity contribution in [3.8, 4) is 0 Å². The van der Waals surface area contributed by atoms with Gasteiger partial charge in [0, 0.05) is 6.04 Å². The van der Waals surface area contributed by atoms with Crippen LogP contribution in [0.1, 0.15) is 43.0 Å². The summed E-state index contributed by atoms with van der Waals surface area (Å²) in [5.74, 6) is -1.36. The van der Waals surface area contributed by atoms with Gasteiger partial charge in [-0.15, -0.1) is 0 Å². The van der Waals surface area contributed by atoms with Gasteiger partial charge >= 0.3 is 12.0 Å². The van der Waals surface area contributed by atoms with E-state index in [0.29, 0.717) is 5.92 Å². The Morgan fingerprint density at radius 1 is 1.33 bits per heavy atom. The number of carboxylic acid groups (broad SMARTS) is 1. The van der Waals surface area contributed by atoms with E-state index in [1.165, 1.54) is 12.5 Å². The lowest BCUT2D eigenvalue weighted by Crippen LogP contribution is -2.40. The van der Waals surface area contributed by atoms with Crippen LogP contribution in [0.5, 0.6) is 0 Å². The Labute approximate surface area is 122 Å². The van der Waals surface area contributed by atoms with Gasteiger partial charge in [-0.3, -0.25) is 0 Å². The molecule has 0 aromatic heterocycles. The molecule has 1 saturated carbocycles. The van der Waals surface area contributed by atoms with Crippen molar-refractivity contribution < 1.29 is 19.1 Å². The van der Waals surface area contributed by atoms with E-state index in [2.05, 4.69) is 17.6 Å². The van der Waals surface area contributed by atoms with E-state index in [4.69, 9.17) is 5.11 Å². The molecule has 2 rings (SSSR count). The topological polar surface area (TPSA) is 78.4 Å². The molecule has 0 radical (unpaired) electrons. The van der Waals surface area contributed by atoms with Crippen LogP contribution in [0.25, 0.3) is 0 Å². The molecule has 0 aliphatic heterocycles. The molecule has 1 aliphatic carbocycles. The van der Waals surface area contributed by atoms with Crippen LogP contribution in [-0.2, 0) is 0 Å². The van der Waals surface area contributed by atoms with Gasteiger partial charge in [0.05, 0.1) is 11.3 Å². The van der Waals surface area contributed by atoms with E-state index in [1.807, 2.05) is 0 Å². The normalized spacial score (nSPS) is 21.6. The Balaban J connectivity index is 2.01. The van der Waals surface area contributed by atoms with Gasteiger partial charge in [-0.05, 0) is 37.0 Å². The fraction of sp³-hybridized carbons (Fsp3) is 0.467. The summed E-state index contributed by atoms with van der Waals surface area (Å²) in [5, 5.41) is 14.3. The molecule has 21 heavy (non-hydrogen) atoms. The van der Waals surface area contributed by atoms with Crippen LogP contribution >= 0.6 is 0 Å². The number of hydrogen-bond acceptors (Lipinski definition) is 2. The SMILES string of the molecule is CC1CCCC(NC(=O)Nc2ccc(F)cc2C(=O)O)C1. The molecule has 2 amide bonds. The lowest BCUT2D eigenvalue weighted by atomic mass is 9.87. The van der Waals surface area contributed by atoms with Gasteiger partial charge in [0.1, 0.15) is 5.82 Å². The average Bonchev–Trinajstić information content (AvgIpc) is 2.40. The van der Waals surface area contributed by atoms with Gasteiger partial charge in [0.15, 0.2) is 0 Å². The third-order valence-electron chi connectivity index (χ3n) is 3.73. The zero-order valence-corrected chi connectivity index (χ0v) is 11.9. The molecule has 2 unspecified atom stereocenters. The number of urea groups is 1. The van der Waals surface area contributed by atoms with E-state index in [-0.39, 0.29) is 17.3 Å². The monoisotopic (exact) mass is 294 g/mol. The Hall–Kier alpha value is -2.11. The highest BCUT2D eigenvalue weighted by Gasteiger charge is 2.21. The van der Waals surface area contributed by atoms with Gasteiger partial charge in [-0.2, -0.15) is 0 Å². The van der Waals surface area contributed by atoms with Crippen LogP contribution < -0.4 is 10.6 Å². The van der Waals surface area contributed by atoms with E-state index in [9.17, 15) is 14.0 Å². The van der Waals surface area contributed by atoms with Crippen LogP contribution in [0.4, 0.5) is 14.9 Å². The second-order valence-corrected chi connectivity index (χ2v) is 5.56. The molecular weight excluding hydrogens is 275 g/mol. The molecule has 0 bridgehead atoms. The lowest BCUT2D eigenvalue weighted by Gasteiger charge is -2.27. The summed E-state index contributed by atoms with van der Waals surface area (Å²) >= 11 is 0. The molecule has 0 spiro atoms. The smallest absolute Gasteiger partial charge is 0.337 e. The fourth-order valence-corrected chi connectivity index (χ4v) is 2.71. The quantitative estimate of drug-likeness (QED) is 0.801. The summed E-state index contributed by atoms with van der Waals surface area (Å²) < 4.78 is 13.1. The van der Waals surface area contributed by atoms with Crippen LogP contribution in [-0.4, -0.2) is 23.1 Å². The summed E-state index contributed by atoms with van der Waals surface area (Å²) in [6.45, 7) is 2.15. The molecule has 1 aromatic rings. The first-order valence-electron chi connectivity index (χ1n) is 7.06. The fourth-order valence-electron chi connectivity index (χ4n) is 2.71. The van der Waals surface area contributed by atoms with Gasteiger partial charge in [0.2, 0.25) is 0 Å². The number of carbonyl (C=O) groups is 2. The number of halogens is 1. The summed E-state index contributed by atoms with van der Waals surface area (Å²) in [6.07, 6.45) is 4.08. The number of carboxylic acids is 1. The zero-order chi connectivity index (χ0) is 15.4. The van der Waals surface area contributed by atoms with Crippen molar-refractivity contribution in [2.24, 2.45) is 5.92 Å². The second kappa shape index (κ2) is 6.56. The Morgan fingerprint density at radius 3 is 2.76 bits per heavy atom. The van der Waals surface area contributed by atoms with Crippen molar-refractivity contribution in [1.82, 2.24) is 5.32 Å². The van der Waals surface area contributed by atoms with Crippen LogP contribution in [0.2, 0.25) is 0 Å². The zero-order valence-electron chi connectivity index (χ0n) is 11.9. The van der Waals surface area contributed by atoms with E-state index in [1.54, 1.807) is 0 Å². The molecule has 5 nitrogen and oxygen atoms in total. The number of anilines is 1. The molecule has 114 valence electrons. The minimum atomic E-state index is -1.28. The first kappa shape index (κ1) is 15.3. The molecule has 0 saturated heterocycles. The first-order valence-corrected chi connectivity index (χ1v) is 7.06. The molecule has 3 N–H and O–H groups in total. The standard InChI is InChI=1S/C15H19FN2O3/c1-9-3-2-4-11(7-9)17-15(21)18-13-6-5-10(16)8-12(13)14(19)20/h5-6,8-9,11H,2-4,7H2,1H3,(H,19,20)(H2,17,18,21). The molecule has 1 aliphatic rings. The Bertz CT molecular complexity index is 548. The van der Waals surface area contributed by atoms with Crippen LogP contribution in [0.3, 0.4) is 0 Å². The molecular formula is C15H19FN2O3. The minimum Gasteiger partial charge on any atom is -0.478 e. The predicted octanol–water partition coefficient (Wildman–Crippen LogP) is 3.22. The number of carbonyl (C=O) groups excluding carboxylic acids is 1. The molecule has 2 atom stereocenters. The highest BCUT2D eigenvalue weighted by Crippen LogP contribution is 2.23. The maximum Gasteiger partial charge on any atom is 0.337 e. The summed E-state index contributed by atoms with van der Waals surface area (Å²) in [7, 11) is 0. The third kappa shape index (κ3) is 4.18. The molecule has 0 heterocycles. The summed E-state index contributed by atoms with van der Waals surface area (Å²) in [6, 6.07) is 2.90. The van der Waals surface area contributed by atoms with Crippen molar-refractivity contribution in [3.63, 3.8) is 0 Å². The van der Waals surface area contributed by atoms with Gasteiger partial charge in [0.25, 0.3) is 0 Å². The van der Waals surface area contributed by atoms with Crippen molar-refractivity contribution in [2.75, 3.05) is 5.32 Å². The Kier molecular flexibility index (Phi) is 4.77. The summed E-state index contributed by atoms with van der Waals surface area (Å²) in [4.78, 5) is 23.0. The largest absolute Gasteiger partial charge is 0.478 e. The van der Waals surface area contributed by atoms with Crippen molar-refractivity contribution in [2.45, 2.75) is 38.6 Å². The van der Waals surface area contributed by atoms with E-state index >= 15 is 0 Å². The molecule has 1 fully saturated rings. The maximum absolute atomic E-state index is 13.1. The minimum absolute atomic E-state index is 0.0882. The highest BCUT2D eigenvalue weighted by atomic mass is 19.1. The average molecular weight is 294 g/mol. The Morgan fingerprint density at radius 2 is 2.10 bits per heavy atom. The van der Waals surface area contributed by atoms with Gasteiger partial charge < -0.3 is 15.7 Å². The van der Waals surface area contributed by atoms with Gasteiger partial charge in [-0.25, -0.2) is 14.0 Å².